The number of ether oxygens (including phenoxy) is 1. The van der Waals surface area contributed by atoms with Gasteiger partial charge in [0.05, 0.1) is 7.11 Å². The van der Waals surface area contributed by atoms with Crippen LogP contribution in [0.5, 0.6) is 0 Å². The van der Waals surface area contributed by atoms with Crippen molar-refractivity contribution in [1.82, 2.24) is 10.2 Å². The van der Waals surface area contributed by atoms with Gasteiger partial charge >= 0.3 is 5.97 Å². The van der Waals surface area contributed by atoms with Crippen molar-refractivity contribution >= 4 is 5.97 Å². The minimum absolute atomic E-state index is 0.172. The van der Waals surface area contributed by atoms with E-state index in [9.17, 15) is 4.79 Å². The third-order valence-electron chi connectivity index (χ3n) is 3.84. The lowest BCUT2D eigenvalue weighted by molar-refractivity contribution is -0.148. The van der Waals surface area contributed by atoms with Crippen LogP contribution in [-0.2, 0) is 9.53 Å². The highest BCUT2D eigenvalue weighted by Crippen LogP contribution is 2.14. The summed E-state index contributed by atoms with van der Waals surface area (Å²) in [4.78, 5) is 14.3. The van der Waals surface area contributed by atoms with E-state index in [1.165, 1.54) is 13.5 Å². The average molecular weight is 272 g/mol. The van der Waals surface area contributed by atoms with Crippen molar-refractivity contribution < 1.29 is 9.53 Å². The fourth-order valence-corrected chi connectivity index (χ4v) is 2.21. The molecule has 114 valence electrons. The summed E-state index contributed by atoms with van der Waals surface area (Å²) >= 11 is 0. The van der Waals surface area contributed by atoms with Crippen LogP contribution in [0.4, 0.5) is 0 Å². The second-order valence-corrected chi connectivity index (χ2v) is 5.51. The molecule has 0 rings (SSSR count). The standard InChI is InChI=1S/C15H32N2O2/c1-7-13(4)12-17(9-3)11-10-15(5,16-8-2)14(18)19-6/h13,16H,7-12H2,1-6H3. The molecule has 0 amide bonds. The van der Waals surface area contributed by atoms with Gasteiger partial charge in [0.25, 0.3) is 0 Å². The number of nitrogens with zero attached hydrogens (tertiary/aromatic N) is 1. The summed E-state index contributed by atoms with van der Waals surface area (Å²) in [5.41, 5.74) is -0.577. The molecule has 0 spiro atoms. The summed E-state index contributed by atoms with van der Waals surface area (Å²) in [6, 6.07) is 0. The predicted molar refractivity (Wildman–Crippen MR) is 80.3 cm³/mol. The van der Waals surface area contributed by atoms with E-state index >= 15 is 0 Å². The summed E-state index contributed by atoms with van der Waals surface area (Å²) in [6.07, 6.45) is 1.97. The molecular formula is C15H32N2O2. The van der Waals surface area contributed by atoms with Gasteiger partial charge in [0.2, 0.25) is 0 Å². The van der Waals surface area contributed by atoms with Gasteiger partial charge in [0.1, 0.15) is 5.54 Å². The lowest BCUT2D eigenvalue weighted by Crippen LogP contribution is -2.52. The van der Waals surface area contributed by atoms with E-state index in [-0.39, 0.29) is 5.97 Å². The van der Waals surface area contributed by atoms with Crippen LogP contribution in [0.3, 0.4) is 0 Å². The maximum Gasteiger partial charge on any atom is 0.325 e. The molecule has 0 aliphatic rings. The number of likely N-dealkylation sites (N-methyl/N-ethyl adjacent to an activating group) is 1. The van der Waals surface area contributed by atoms with Gasteiger partial charge in [-0.25, -0.2) is 0 Å². The second-order valence-electron chi connectivity index (χ2n) is 5.51. The molecule has 0 aromatic rings. The number of hydrogen-bond donors (Lipinski definition) is 1. The second kappa shape index (κ2) is 9.32. The Kier molecular flexibility index (Phi) is 9.02. The van der Waals surface area contributed by atoms with Crippen molar-refractivity contribution in [3.05, 3.63) is 0 Å². The van der Waals surface area contributed by atoms with Crippen molar-refractivity contribution in [3.63, 3.8) is 0 Å². The van der Waals surface area contributed by atoms with Crippen LogP contribution in [0.25, 0.3) is 0 Å². The predicted octanol–water partition coefficient (Wildman–Crippen LogP) is 2.29. The average Bonchev–Trinajstić information content (AvgIpc) is 2.42. The number of carbonyl (C=O) groups excluding carboxylic acids is 1. The largest absolute Gasteiger partial charge is 0.468 e. The Balaban J connectivity index is 4.47. The van der Waals surface area contributed by atoms with Crippen molar-refractivity contribution in [2.24, 2.45) is 5.92 Å². The lowest BCUT2D eigenvalue weighted by Gasteiger charge is -2.31. The van der Waals surface area contributed by atoms with E-state index in [1.807, 2.05) is 13.8 Å². The minimum Gasteiger partial charge on any atom is -0.468 e. The van der Waals surface area contributed by atoms with Gasteiger partial charge in [0.15, 0.2) is 0 Å². The maximum absolute atomic E-state index is 11.9. The van der Waals surface area contributed by atoms with Gasteiger partial charge in [-0.3, -0.25) is 4.79 Å². The first-order valence-electron chi connectivity index (χ1n) is 7.49. The molecule has 0 aliphatic carbocycles. The van der Waals surface area contributed by atoms with E-state index in [1.54, 1.807) is 0 Å². The van der Waals surface area contributed by atoms with Crippen LogP contribution in [0, 0.1) is 5.92 Å². The molecule has 0 aromatic carbocycles. The Hall–Kier alpha value is -0.610. The first-order chi connectivity index (χ1) is 8.93. The van der Waals surface area contributed by atoms with Gasteiger partial charge in [-0.05, 0) is 32.4 Å². The molecule has 0 aromatic heterocycles. The number of nitrogens with one attached hydrogen (secondary N) is 1. The summed E-state index contributed by atoms with van der Waals surface area (Å²) in [6.45, 7) is 14.4. The monoisotopic (exact) mass is 272 g/mol. The van der Waals surface area contributed by atoms with Crippen molar-refractivity contribution in [3.8, 4) is 0 Å². The molecule has 4 nitrogen and oxygen atoms in total. The fourth-order valence-electron chi connectivity index (χ4n) is 2.21. The van der Waals surface area contributed by atoms with Gasteiger partial charge in [-0.2, -0.15) is 0 Å². The van der Waals surface area contributed by atoms with Gasteiger partial charge < -0.3 is 15.0 Å². The van der Waals surface area contributed by atoms with Crippen molar-refractivity contribution in [1.29, 1.82) is 0 Å². The lowest BCUT2D eigenvalue weighted by atomic mass is 9.97. The molecular weight excluding hydrogens is 240 g/mol. The van der Waals surface area contributed by atoms with Crippen LogP contribution in [0.2, 0.25) is 0 Å². The molecule has 0 saturated carbocycles. The smallest absolute Gasteiger partial charge is 0.325 e. The molecule has 19 heavy (non-hydrogen) atoms. The topological polar surface area (TPSA) is 41.6 Å². The van der Waals surface area contributed by atoms with E-state index < -0.39 is 5.54 Å². The zero-order chi connectivity index (χ0) is 14.9. The first-order valence-corrected chi connectivity index (χ1v) is 7.49. The number of carbonyl (C=O) groups is 1. The molecule has 2 unspecified atom stereocenters. The Labute approximate surface area is 118 Å². The van der Waals surface area contributed by atoms with Gasteiger partial charge in [-0.1, -0.05) is 34.1 Å². The number of esters is 1. The highest BCUT2D eigenvalue weighted by Gasteiger charge is 2.33. The highest BCUT2D eigenvalue weighted by atomic mass is 16.5. The molecule has 0 fully saturated rings. The summed E-state index contributed by atoms with van der Waals surface area (Å²) in [5.74, 6) is 0.525. The quantitative estimate of drug-likeness (QED) is 0.620. The van der Waals surface area contributed by atoms with E-state index in [0.717, 1.165) is 32.6 Å². The zero-order valence-electron chi connectivity index (χ0n) is 13.6. The number of hydrogen-bond acceptors (Lipinski definition) is 4. The minimum atomic E-state index is -0.577. The van der Waals surface area contributed by atoms with E-state index in [2.05, 4.69) is 31.0 Å². The van der Waals surface area contributed by atoms with E-state index in [4.69, 9.17) is 4.74 Å². The fraction of sp³-hybridized carbons (Fsp3) is 0.933. The first kappa shape index (κ1) is 18.4. The Morgan fingerprint density at radius 3 is 2.42 bits per heavy atom. The van der Waals surface area contributed by atoms with Gasteiger partial charge in [0, 0.05) is 13.1 Å². The van der Waals surface area contributed by atoms with Crippen LogP contribution >= 0.6 is 0 Å². The Morgan fingerprint density at radius 2 is 2.00 bits per heavy atom. The number of rotatable bonds is 10. The SMILES string of the molecule is CCNC(C)(CCN(CC)CC(C)CC)C(=O)OC. The van der Waals surface area contributed by atoms with Crippen LogP contribution in [0.1, 0.15) is 47.5 Å². The van der Waals surface area contributed by atoms with Gasteiger partial charge in [-0.15, -0.1) is 0 Å². The molecule has 0 bridgehead atoms. The molecule has 0 saturated heterocycles. The zero-order valence-corrected chi connectivity index (χ0v) is 13.6. The maximum atomic E-state index is 11.9. The van der Waals surface area contributed by atoms with Crippen LogP contribution in [-0.4, -0.2) is 49.7 Å². The van der Waals surface area contributed by atoms with Crippen LogP contribution in [0.15, 0.2) is 0 Å². The summed E-state index contributed by atoms with van der Waals surface area (Å²) in [7, 11) is 1.45. The third kappa shape index (κ3) is 6.39. The molecule has 2 atom stereocenters. The number of methoxy groups -OCH3 is 1. The van der Waals surface area contributed by atoms with Crippen molar-refractivity contribution in [2.45, 2.75) is 53.0 Å². The molecule has 1 N–H and O–H groups in total. The Morgan fingerprint density at radius 1 is 1.37 bits per heavy atom. The molecule has 0 radical (unpaired) electrons. The third-order valence-corrected chi connectivity index (χ3v) is 3.84. The summed E-state index contributed by atoms with van der Waals surface area (Å²) < 4.78 is 4.92. The molecule has 4 heteroatoms. The molecule has 0 aliphatic heterocycles. The van der Waals surface area contributed by atoms with Crippen LogP contribution < -0.4 is 5.32 Å². The molecule has 0 heterocycles. The highest BCUT2D eigenvalue weighted by molar-refractivity contribution is 5.80. The normalized spacial score (nSPS) is 16.2. The Bertz CT molecular complexity index is 259. The van der Waals surface area contributed by atoms with E-state index in [0.29, 0.717) is 5.92 Å². The van der Waals surface area contributed by atoms with Crippen molar-refractivity contribution in [2.75, 3.05) is 33.3 Å². The summed E-state index contributed by atoms with van der Waals surface area (Å²) in [5, 5.41) is 3.26.